The van der Waals surface area contributed by atoms with E-state index in [1.807, 2.05) is 25.7 Å². The largest absolute Gasteiger partial charge is 0.480 e. The van der Waals surface area contributed by atoms with Crippen LogP contribution in [0.3, 0.4) is 0 Å². The van der Waals surface area contributed by atoms with E-state index >= 15 is 0 Å². The van der Waals surface area contributed by atoms with Gasteiger partial charge in [-0.2, -0.15) is 0 Å². The standard InChI is InChI=1S/C15H22FNO2/c1-11(2)9-17(10-15(18)19)12(3)8-13-6-4-5-7-14(13)16/h4-7,11-12H,8-10H2,1-3H3,(H,18,19). The summed E-state index contributed by atoms with van der Waals surface area (Å²) in [4.78, 5) is 12.8. The van der Waals surface area contributed by atoms with Crippen molar-refractivity contribution in [1.82, 2.24) is 4.90 Å². The summed E-state index contributed by atoms with van der Waals surface area (Å²) in [5.74, 6) is -0.697. The molecule has 4 heteroatoms. The molecule has 0 heterocycles. The van der Waals surface area contributed by atoms with Crippen LogP contribution >= 0.6 is 0 Å². The Balaban J connectivity index is 2.73. The Labute approximate surface area is 114 Å². The van der Waals surface area contributed by atoms with Crippen molar-refractivity contribution in [2.45, 2.75) is 33.2 Å². The third-order valence-corrected chi connectivity index (χ3v) is 3.03. The van der Waals surface area contributed by atoms with E-state index in [0.29, 0.717) is 24.4 Å². The van der Waals surface area contributed by atoms with Crippen molar-refractivity contribution in [3.05, 3.63) is 35.6 Å². The summed E-state index contributed by atoms with van der Waals surface area (Å²) < 4.78 is 13.6. The van der Waals surface area contributed by atoms with Crippen molar-refractivity contribution in [1.29, 1.82) is 0 Å². The highest BCUT2D eigenvalue weighted by atomic mass is 19.1. The van der Waals surface area contributed by atoms with E-state index in [1.165, 1.54) is 6.07 Å². The molecular weight excluding hydrogens is 245 g/mol. The van der Waals surface area contributed by atoms with Crippen LogP contribution in [0.5, 0.6) is 0 Å². The SMILES string of the molecule is CC(C)CN(CC(=O)O)C(C)Cc1ccccc1F. The fourth-order valence-corrected chi connectivity index (χ4v) is 2.15. The third-order valence-electron chi connectivity index (χ3n) is 3.03. The van der Waals surface area contributed by atoms with Gasteiger partial charge in [0, 0.05) is 12.6 Å². The third kappa shape index (κ3) is 5.39. The maximum Gasteiger partial charge on any atom is 0.317 e. The van der Waals surface area contributed by atoms with E-state index in [9.17, 15) is 9.18 Å². The van der Waals surface area contributed by atoms with Gasteiger partial charge in [0.2, 0.25) is 0 Å². The van der Waals surface area contributed by atoms with Gasteiger partial charge in [0.05, 0.1) is 6.54 Å². The molecule has 0 aliphatic heterocycles. The maximum atomic E-state index is 13.6. The quantitative estimate of drug-likeness (QED) is 0.826. The first kappa shape index (κ1) is 15.6. The molecule has 3 nitrogen and oxygen atoms in total. The molecule has 1 N–H and O–H groups in total. The number of hydrogen-bond acceptors (Lipinski definition) is 2. The van der Waals surface area contributed by atoms with Gasteiger partial charge in [0.15, 0.2) is 0 Å². The molecule has 0 aliphatic rings. The number of aliphatic carboxylic acids is 1. The predicted molar refractivity (Wildman–Crippen MR) is 73.6 cm³/mol. The van der Waals surface area contributed by atoms with Gasteiger partial charge in [-0.05, 0) is 30.9 Å². The highest BCUT2D eigenvalue weighted by Crippen LogP contribution is 2.13. The van der Waals surface area contributed by atoms with Crippen LogP contribution in [0.1, 0.15) is 26.3 Å². The Bertz CT molecular complexity index is 420. The molecule has 1 rings (SSSR count). The molecule has 0 amide bonds. The molecule has 0 aromatic heterocycles. The second kappa shape index (κ2) is 7.24. The molecular formula is C15H22FNO2. The molecule has 0 radical (unpaired) electrons. The van der Waals surface area contributed by atoms with E-state index in [1.54, 1.807) is 18.2 Å². The average molecular weight is 267 g/mol. The molecule has 19 heavy (non-hydrogen) atoms. The number of halogens is 1. The number of nitrogens with zero attached hydrogens (tertiary/aromatic N) is 1. The lowest BCUT2D eigenvalue weighted by molar-refractivity contribution is -0.139. The van der Waals surface area contributed by atoms with Crippen LogP contribution in [0.4, 0.5) is 4.39 Å². The summed E-state index contributed by atoms with van der Waals surface area (Å²) in [6, 6.07) is 6.64. The smallest absolute Gasteiger partial charge is 0.317 e. The number of hydrogen-bond donors (Lipinski definition) is 1. The number of rotatable bonds is 7. The lowest BCUT2D eigenvalue weighted by Crippen LogP contribution is -2.41. The normalized spacial score (nSPS) is 12.9. The minimum Gasteiger partial charge on any atom is -0.480 e. The summed E-state index contributed by atoms with van der Waals surface area (Å²) in [7, 11) is 0. The van der Waals surface area contributed by atoms with Crippen molar-refractivity contribution in [2.75, 3.05) is 13.1 Å². The van der Waals surface area contributed by atoms with Gasteiger partial charge in [-0.3, -0.25) is 9.69 Å². The Kier molecular flexibility index (Phi) is 5.96. The van der Waals surface area contributed by atoms with Crippen molar-refractivity contribution < 1.29 is 14.3 Å². The van der Waals surface area contributed by atoms with Gasteiger partial charge in [-0.25, -0.2) is 4.39 Å². The van der Waals surface area contributed by atoms with E-state index in [0.717, 1.165) is 0 Å². The molecule has 1 atom stereocenters. The summed E-state index contributed by atoms with van der Waals surface area (Å²) in [5.41, 5.74) is 0.633. The highest BCUT2D eigenvalue weighted by Gasteiger charge is 2.19. The fraction of sp³-hybridized carbons (Fsp3) is 0.533. The number of carbonyl (C=O) groups is 1. The van der Waals surface area contributed by atoms with Crippen molar-refractivity contribution in [3.8, 4) is 0 Å². The lowest BCUT2D eigenvalue weighted by atomic mass is 10.0. The minimum atomic E-state index is -0.846. The summed E-state index contributed by atoms with van der Waals surface area (Å²) in [6.07, 6.45) is 0.521. The fourth-order valence-electron chi connectivity index (χ4n) is 2.15. The first-order valence-corrected chi connectivity index (χ1v) is 6.59. The molecule has 0 spiro atoms. The van der Waals surface area contributed by atoms with Crippen molar-refractivity contribution in [3.63, 3.8) is 0 Å². The van der Waals surface area contributed by atoms with Crippen LogP contribution in [0, 0.1) is 11.7 Å². The van der Waals surface area contributed by atoms with E-state index < -0.39 is 5.97 Å². The minimum absolute atomic E-state index is 0.00426. The van der Waals surface area contributed by atoms with Crippen molar-refractivity contribution >= 4 is 5.97 Å². The molecule has 1 aromatic carbocycles. The topological polar surface area (TPSA) is 40.5 Å². The first-order chi connectivity index (χ1) is 8.90. The van der Waals surface area contributed by atoms with Crippen LogP contribution in [0.15, 0.2) is 24.3 Å². The summed E-state index contributed by atoms with van der Waals surface area (Å²) in [5, 5.41) is 8.95. The van der Waals surface area contributed by atoms with Crippen LogP contribution in [0.2, 0.25) is 0 Å². The molecule has 0 bridgehead atoms. The molecule has 0 saturated carbocycles. The van der Waals surface area contributed by atoms with Gasteiger partial charge in [0.1, 0.15) is 5.82 Å². The highest BCUT2D eigenvalue weighted by molar-refractivity contribution is 5.69. The monoisotopic (exact) mass is 267 g/mol. The molecule has 1 aromatic rings. The van der Waals surface area contributed by atoms with Gasteiger partial charge >= 0.3 is 5.97 Å². The molecule has 0 fully saturated rings. The first-order valence-electron chi connectivity index (χ1n) is 6.59. The molecule has 0 aliphatic carbocycles. The Morgan fingerprint density at radius 3 is 2.47 bits per heavy atom. The van der Waals surface area contributed by atoms with Crippen molar-refractivity contribution in [2.24, 2.45) is 5.92 Å². The zero-order valence-electron chi connectivity index (χ0n) is 11.8. The van der Waals surface area contributed by atoms with Gasteiger partial charge < -0.3 is 5.11 Å². The van der Waals surface area contributed by atoms with E-state index in [4.69, 9.17) is 5.11 Å². The molecule has 106 valence electrons. The lowest BCUT2D eigenvalue weighted by Gasteiger charge is -2.29. The number of benzene rings is 1. The van der Waals surface area contributed by atoms with Crippen LogP contribution in [-0.2, 0) is 11.2 Å². The van der Waals surface area contributed by atoms with E-state index in [-0.39, 0.29) is 18.4 Å². The Morgan fingerprint density at radius 2 is 1.95 bits per heavy atom. The Morgan fingerprint density at radius 1 is 1.32 bits per heavy atom. The molecule has 0 saturated heterocycles. The molecule has 1 unspecified atom stereocenters. The van der Waals surface area contributed by atoms with Gasteiger partial charge in [-0.1, -0.05) is 32.0 Å². The zero-order chi connectivity index (χ0) is 14.4. The van der Waals surface area contributed by atoms with Crippen LogP contribution in [0.25, 0.3) is 0 Å². The van der Waals surface area contributed by atoms with E-state index in [2.05, 4.69) is 0 Å². The van der Waals surface area contributed by atoms with Crippen LogP contribution in [-0.4, -0.2) is 35.1 Å². The van der Waals surface area contributed by atoms with Crippen LogP contribution < -0.4 is 0 Å². The zero-order valence-corrected chi connectivity index (χ0v) is 11.8. The Hall–Kier alpha value is -1.42. The predicted octanol–water partition coefficient (Wildman–Crippen LogP) is 2.80. The number of carboxylic acid groups (broad SMARTS) is 1. The second-order valence-corrected chi connectivity index (χ2v) is 5.36. The van der Waals surface area contributed by atoms with Gasteiger partial charge in [-0.15, -0.1) is 0 Å². The summed E-state index contributed by atoms with van der Waals surface area (Å²) in [6.45, 7) is 6.73. The summed E-state index contributed by atoms with van der Waals surface area (Å²) >= 11 is 0. The average Bonchev–Trinajstić information content (AvgIpc) is 2.30. The van der Waals surface area contributed by atoms with Gasteiger partial charge in [0.25, 0.3) is 0 Å². The number of carboxylic acids is 1. The maximum absolute atomic E-state index is 13.6. The second-order valence-electron chi connectivity index (χ2n) is 5.36.